The van der Waals surface area contributed by atoms with E-state index in [1.165, 1.54) is 30.5 Å². The van der Waals surface area contributed by atoms with Gasteiger partial charge in [0.05, 0.1) is 0 Å². The quantitative estimate of drug-likeness (QED) is 0.669. The molecule has 4 nitrogen and oxygen atoms in total. The summed E-state index contributed by atoms with van der Waals surface area (Å²) in [5.74, 6) is -0.955. The van der Waals surface area contributed by atoms with Gasteiger partial charge < -0.3 is 10.6 Å². The summed E-state index contributed by atoms with van der Waals surface area (Å²) in [6, 6.07) is 14.7. The first-order valence-electron chi connectivity index (χ1n) is 6.59. The van der Waals surface area contributed by atoms with Crippen molar-refractivity contribution in [3.05, 3.63) is 71.7 Å². The Kier molecular flexibility index (Phi) is 4.89. The van der Waals surface area contributed by atoms with Gasteiger partial charge >= 0.3 is 0 Å². The molecule has 0 saturated carbocycles. The van der Waals surface area contributed by atoms with E-state index >= 15 is 0 Å². The number of nitrogens with zero attached hydrogens (tertiary/aromatic N) is 1. The van der Waals surface area contributed by atoms with E-state index in [0.717, 1.165) is 11.3 Å². The van der Waals surface area contributed by atoms with E-state index in [1.54, 1.807) is 0 Å². The lowest BCUT2D eigenvalue weighted by Crippen LogP contribution is -2.14. The Labute approximate surface area is 127 Å². The van der Waals surface area contributed by atoms with E-state index in [4.69, 9.17) is 5.26 Å². The molecule has 0 radical (unpaired) electrons. The standard InChI is InChI=1S/C17H14FN3O/c1-12-2-6-15(7-3-12)20-11-13(10-19)17(22)21-16-8-4-14(18)5-9-16/h2-9,11,20H,1H3,(H,21,22)/b13-11-. The van der Waals surface area contributed by atoms with Crippen LogP contribution in [0.4, 0.5) is 15.8 Å². The summed E-state index contributed by atoms with van der Waals surface area (Å²) in [5.41, 5.74) is 2.23. The number of hydrogen-bond donors (Lipinski definition) is 2. The average molecular weight is 295 g/mol. The molecule has 0 unspecified atom stereocenters. The van der Waals surface area contributed by atoms with Gasteiger partial charge in [0.2, 0.25) is 0 Å². The van der Waals surface area contributed by atoms with E-state index in [1.807, 2.05) is 37.3 Å². The summed E-state index contributed by atoms with van der Waals surface area (Å²) in [7, 11) is 0. The molecule has 2 aromatic carbocycles. The van der Waals surface area contributed by atoms with Crippen molar-refractivity contribution in [2.45, 2.75) is 6.92 Å². The van der Waals surface area contributed by atoms with Crippen molar-refractivity contribution in [3.8, 4) is 6.07 Å². The third-order valence-electron chi connectivity index (χ3n) is 2.90. The lowest BCUT2D eigenvalue weighted by Gasteiger charge is -2.05. The third kappa shape index (κ3) is 4.18. The second kappa shape index (κ2) is 7.04. The summed E-state index contributed by atoms with van der Waals surface area (Å²) < 4.78 is 12.8. The molecule has 0 saturated heterocycles. The summed E-state index contributed by atoms with van der Waals surface area (Å²) >= 11 is 0. The Hall–Kier alpha value is -3.13. The Morgan fingerprint density at radius 2 is 1.68 bits per heavy atom. The number of aryl methyl sites for hydroxylation is 1. The summed E-state index contributed by atoms with van der Waals surface area (Å²) in [6.07, 6.45) is 1.34. The molecular weight excluding hydrogens is 281 g/mol. The number of nitrogens with one attached hydrogen (secondary N) is 2. The van der Waals surface area contributed by atoms with Crippen LogP contribution in [0.2, 0.25) is 0 Å². The van der Waals surface area contributed by atoms with Gasteiger partial charge in [-0.1, -0.05) is 17.7 Å². The molecule has 2 N–H and O–H groups in total. The highest BCUT2D eigenvalue weighted by Crippen LogP contribution is 2.11. The van der Waals surface area contributed by atoms with Crippen molar-refractivity contribution >= 4 is 17.3 Å². The first kappa shape index (κ1) is 15.3. The van der Waals surface area contributed by atoms with Crippen LogP contribution in [0.1, 0.15) is 5.56 Å². The van der Waals surface area contributed by atoms with Gasteiger partial charge in [-0.25, -0.2) is 4.39 Å². The minimum atomic E-state index is -0.561. The van der Waals surface area contributed by atoms with Crippen LogP contribution in [0.15, 0.2) is 60.3 Å². The van der Waals surface area contributed by atoms with Crippen molar-refractivity contribution in [2.24, 2.45) is 0 Å². The highest BCUT2D eigenvalue weighted by atomic mass is 19.1. The van der Waals surface area contributed by atoms with Crippen molar-refractivity contribution in [1.82, 2.24) is 0 Å². The fourth-order valence-electron chi connectivity index (χ4n) is 1.69. The molecule has 0 aliphatic heterocycles. The number of carbonyl (C=O) groups excluding carboxylic acids is 1. The van der Waals surface area contributed by atoms with Gasteiger partial charge in [-0.05, 0) is 43.3 Å². The smallest absolute Gasteiger partial charge is 0.267 e. The molecule has 0 spiro atoms. The number of anilines is 2. The van der Waals surface area contributed by atoms with Crippen LogP contribution in [-0.2, 0) is 4.79 Å². The van der Waals surface area contributed by atoms with E-state index < -0.39 is 11.7 Å². The van der Waals surface area contributed by atoms with Crippen LogP contribution in [0.3, 0.4) is 0 Å². The summed E-state index contributed by atoms with van der Waals surface area (Å²) in [5, 5.41) is 14.5. The summed E-state index contributed by atoms with van der Waals surface area (Å²) in [6.45, 7) is 1.97. The predicted octanol–water partition coefficient (Wildman–Crippen LogP) is 3.59. The van der Waals surface area contributed by atoms with Crippen molar-refractivity contribution in [3.63, 3.8) is 0 Å². The minimum absolute atomic E-state index is 0.0788. The van der Waals surface area contributed by atoms with Crippen molar-refractivity contribution in [1.29, 1.82) is 5.26 Å². The van der Waals surface area contributed by atoms with Gasteiger partial charge in [0.1, 0.15) is 17.5 Å². The van der Waals surface area contributed by atoms with Gasteiger partial charge in [-0.2, -0.15) is 5.26 Å². The first-order valence-corrected chi connectivity index (χ1v) is 6.59. The van der Waals surface area contributed by atoms with Gasteiger partial charge in [-0.3, -0.25) is 4.79 Å². The molecule has 2 rings (SSSR count). The lowest BCUT2D eigenvalue weighted by molar-refractivity contribution is -0.112. The van der Waals surface area contributed by atoms with Crippen LogP contribution in [0, 0.1) is 24.1 Å². The topological polar surface area (TPSA) is 64.9 Å². The second-order valence-electron chi connectivity index (χ2n) is 4.64. The van der Waals surface area contributed by atoms with Crippen molar-refractivity contribution in [2.75, 3.05) is 10.6 Å². The van der Waals surface area contributed by atoms with Gasteiger partial charge in [0.25, 0.3) is 5.91 Å². The molecule has 22 heavy (non-hydrogen) atoms. The van der Waals surface area contributed by atoms with E-state index in [2.05, 4.69) is 10.6 Å². The number of nitriles is 1. The number of rotatable bonds is 4. The number of halogens is 1. The molecule has 0 fully saturated rings. The number of amides is 1. The van der Waals surface area contributed by atoms with Crippen molar-refractivity contribution < 1.29 is 9.18 Å². The van der Waals surface area contributed by atoms with Crippen LogP contribution >= 0.6 is 0 Å². The Bertz CT molecular complexity index is 728. The van der Waals surface area contributed by atoms with Crippen LogP contribution in [-0.4, -0.2) is 5.91 Å². The van der Waals surface area contributed by atoms with Gasteiger partial charge in [0, 0.05) is 17.6 Å². The van der Waals surface area contributed by atoms with Gasteiger partial charge in [-0.15, -0.1) is 0 Å². The molecule has 0 bridgehead atoms. The highest BCUT2D eigenvalue weighted by molar-refractivity contribution is 6.06. The monoisotopic (exact) mass is 295 g/mol. The molecule has 0 atom stereocenters. The molecule has 2 aromatic rings. The predicted molar refractivity (Wildman–Crippen MR) is 83.5 cm³/mol. The largest absolute Gasteiger partial charge is 0.360 e. The Morgan fingerprint density at radius 1 is 1.09 bits per heavy atom. The fourth-order valence-corrected chi connectivity index (χ4v) is 1.69. The number of benzene rings is 2. The molecule has 1 amide bonds. The molecule has 5 heteroatoms. The average Bonchev–Trinajstić information content (AvgIpc) is 2.52. The zero-order chi connectivity index (χ0) is 15.9. The highest BCUT2D eigenvalue weighted by Gasteiger charge is 2.09. The normalized spacial score (nSPS) is 10.7. The zero-order valence-electron chi connectivity index (χ0n) is 11.9. The van der Waals surface area contributed by atoms with Crippen LogP contribution in [0.25, 0.3) is 0 Å². The maximum absolute atomic E-state index is 12.8. The summed E-state index contributed by atoms with van der Waals surface area (Å²) in [4.78, 5) is 12.0. The zero-order valence-corrected chi connectivity index (χ0v) is 11.9. The lowest BCUT2D eigenvalue weighted by atomic mass is 10.2. The molecule has 0 heterocycles. The molecular formula is C17H14FN3O. The Morgan fingerprint density at radius 3 is 2.27 bits per heavy atom. The number of carbonyl (C=O) groups is 1. The van der Waals surface area contributed by atoms with Crippen LogP contribution < -0.4 is 10.6 Å². The molecule has 0 aromatic heterocycles. The van der Waals surface area contributed by atoms with E-state index in [-0.39, 0.29) is 5.57 Å². The minimum Gasteiger partial charge on any atom is -0.360 e. The van der Waals surface area contributed by atoms with Crippen LogP contribution in [0.5, 0.6) is 0 Å². The second-order valence-corrected chi connectivity index (χ2v) is 4.64. The maximum Gasteiger partial charge on any atom is 0.267 e. The number of hydrogen-bond acceptors (Lipinski definition) is 3. The van der Waals surface area contributed by atoms with Gasteiger partial charge in [0.15, 0.2) is 0 Å². The van der Waals surface area contributed by atoms with E-state index in [9.17, 15) is 9.18 Å². The maximum atomic E-state index is 12.8. The fraction of sp³-hybridized carbons (Fsp3) is 0.0588. The molecule has 0 aliphatic carbocycles. The third-order valence-corrected chi connectivity index (χ3v) is 2.90. The Balaban J connectivity index is 2.05. The SMILES string of the molecule is Cc1ccc(N/C=C(/C#N)C(=O)Nc2ccc(F)cc2)cc1. The van der Waals surface area contributed by atoms with E-state index in [0.29, 0.717) is 5.69 Å². The molecule has 0 aliphatic rings. The molecule has 110 valence electrons. The first-order chi connectivity index (χ1) is 10.6.